The first kappa shape index (κ1) is 11.6. The van der Waals surface area contributed by atoms with E-state index in [0.29, 0.717) is 6.04 Å². The van der Waals surface area contributed by atoms with Crippen molar-refractivity contribution in [2.75, 3.05) is 6.54 Å². The Morgan fingerprint density at radius 1 is 1.06 bits per heavy atom. The van der Waals surface area contributed by atoms with Gasteiger partial charge in [-0.05, 0) is 67.8 Å². The molecule has 17 heavy (non-hydrogen) atoms. The molecule has 1 aromatic rings. The minimum absolute atomic E-state index is 0.536. The third kappa shape index (κ3) is 2.36. The van der Waals surface area contributed by atoms with Gasteiger partial charge in [0, 0.05) is 11.1 Å². The van der Waals surface area contributed by atoms with Crippen molar-refractivity contribution in [1.29, 1.82) is 0 Å². The smallest absolute Gasteiger partial charge is 0.0444 e. The second-order valence-corrected chi connectivity index (χ2v) is 5.76. The van der Waals surface area contributed by atoms with Crippen LogP contribution in [0, 0.1) is 0 Å². The van der Waals surface area contributed by atoms with Gasteiger partial charge >= 0.3 is 0 Å². The maximum atomic E-state index is 6.44. The van der Waals surface area contributed by atoms with Crippen LogP contribution in [0.15, 0.2) is 12.1 Å². The van der Waals surface area contributed by atoms with E-state index in [0.717, 1.165) is 11.6 Å². The van der Waals surface area contributed by atoms with Gasteiger partial charge in [-0.1, -0.05) is 24.1 Å². The monoisotopic (exact) mass is 249 g/mol. The molecular formula is C15H20ClN. The lowest BCUT2D eigenvalue weighted by Crippen LogP contribution is -2.27. The van der Waals surface area contributed by atoms with Crippen LogP contribution in [-0.4, -0.2) is 6.54 Å². The zero-order chi connectivity index (χ0) is 11.7. The molecule has 3 rings (SSSR count). The first-order chi connectivity index (χ1) is 8.34. The van der Waals surface area contributed by atoms with Gasteiger partial charge in [0.2, 0.25) is 0 Å². The summed E-state index contributed by atoms with van der Waals surface area (Å²) in [6.07, 6.45) is 8.93. The maximum absolute atomic E-state index is 6.44. The molecule has 1 aliphatic carbocycles. The van der Waals surface area contributed by atoms with Crippen molar-refractivity contribution < 1.29 is 0 Å². The molecule has 1 nitrogen and oxygen atoms in total. The highest BCUT2D eigenvalue weighted by atomic mass is 35.5. The standard InChI is InChI=1S/C15H20ClN/c16-14-10-12(15-7-3-4-8-17-15)9-11-5-1-2-6-13(11)14/h9-10,15,17H,1-8H2. The molecule has 2 aliphatic rings. The summed E-state index contributed by atoms with van der Waals surface area (Å²) >= 11 is 6.44. The highest BCUT2D eigenvalue weighted by Crippen LogP contribution is 2.33. The Labute approximate surface area is 109 Å². The number of hydrogen-bond acceptors (Lipinski definition) is 1. The summed E-state index contributed by atoms with van der Waals surface area (Å²) in [4.78, 5) is 0. The number of nitrogens with one attached hydrogen (secondary N) is 1. The molecule has 0 amide bonds. The lowest BCUT2D eigenvalue weighted by atomic mass is 9.87. The van der Waals surface area contributed by atoms with Gasteiger partial charge in [-0.15, -0.1) is 0 Å². The van der Waals surface area contributed by atoms with E-state index in [1.807, 2.05) is 0 Å². The molecule has 0 saturated carbocycles. The zero-order valence-electron chi connectivity index (χ0n) is 10.3. The molecular weight excluding hydrogens is 230 g/mol. The summed E-state index contributed by atoms with van der Waals surface area (Å²) < 4.78 is 0. The number of benzene rings is 1. The molecule has 0 aromatic heterocycles. The molecule has 1 heterocycles. The molecule has 1 aliphatic heterocycles. The third-order valence-electron chi connectivity index (χ3n) is 4.15. The number of hydrogen-bond donors (Lipinski definition) is 1. The fraction of sp³-hybridized carbons (Fsp3) is 0.600. The van der Waals surface area contributed by atoms with E-state index in [4.69, 9.17) is 11.6 Å². The number of piperidine rings is 1. The van der Waals surface area contributed by atoms with Gasteiger partial charge in [-0.2, -0.15) is 0 Å². The second kappa shape index (κ2) is 4.99. The van der Waals surface area contributed by atoms with Crippen molar-refractivity contribution in [2.24, 2.45) is 0 Å². The largest absolute Gasteiger partial charge is 0.310 e. The van der Waals surface area contributed by atoms with Gasteiger partial charge in [-0.3, -0.25) is 0 Å². The van der Waals surface area contributed by atoms with E-state index >= 15 is 0 Å². The number of aryl methyl sites for hydroxylation is 1. The van der Waals surface area contributed by atoms with Crippen LogP contribution in [0.4, 0.5) is 0 Å². The Balaban J connectivity index is 1.92. The maximum Gasteiger partial charge on any atom is 0.0444 e. The van der Waals surface area contributed by atoms with Crippen molar-refractivity contribution in [1.82, 2.24) is 5.32 Å². The lowest BCUT2D eigenvalue weighted by molar-refractivity contribution is 0.412. The Morgan fingerprint density at radius 3 is 2.76 bits per heavy atom. The summed E-state index contributed by atoms with van der Waals surface area (Å²) in [5, 5.41) is 4.61. The minimum Gasteiger partial charge on any atom is -0.310 e. The van der Waals surface area contributed by atoms with Crippen molar-refractivity contribution in [3.63, 3.8) is 0 Å². The van der Waals surface area contributed by atoms with Gasteiger partial charge in [0.15, 0.2) is 0 Å². The summed E-state index contributed by atoms with van der Waals surface area (Å²) in [7, 11) is 0. The summed E-state index contributed by atoms with van der Waals surface area (Å²) in [5.74, 6) is 0. The lowest BCUT2D eigenvalue weighted by Gasteiger charge is -2.26. The average molecular weight is 250 g/mol. The molecule has 0 radical (unpaired) electrons. The van der Waals surface area contributed by atoms with Crippen LogP contribution in [0.1, 0.15) is 54.8 Å². The van der Waals surface area contributed by atoms with Gasteiger partial charge in [0.1, 0.15) is 0 Å². The van der Waals surface area contributed by atoms with Crippen LogP contribution < -0.4 is 5.32 Å². The molecule has 1 N–H and O–H groups in total. The average Bonchev–Trinajstić information content (AvgIpc) is 2.40. The fourth-order valence-electron chi connectivity index (χ4n) is 3.17. The van der Waals surface area contributed by atoms with E-state index in [1.54, 1.807) is 0 Å². The number of fused-ring (bicyclic) bond motifs is 1. The third-order valence-corrected chi connectivity index (χ3v) is 4.48. The van der Waals surface area contributed by atoms with Crippen LogP contribution in [0.25, 0.3) is 0 Å². The highest BCUT2D eigenvalue weighted by molar-refractivity contribution is 6.31. The summed E-state index contributed by atoms with van der Waals surface area (Å²) in [6.45, 7) is 1.15. The molecule has 1 unspecified atom stereocenters. The van der Waals surface area contributed by atoms with Crippen LogP contribution in [0.2, 0.25) is 5.02 Å². The van der Waals surface area contributed by atoms with E-state index in [1.165, 1.54) is 61.6 Å². The summed E-state index contributed by atoms with van der Waals surface area (Å²) in [6, 6.07) is 5.14. The number of halogens is 1. The van der Waals surface area contributed by atoms with E-state index in [-0.39, 0.29) is 0 Å². The van der Waals surface area contributed by atoms with Crippen LogP contribution in [0.3, 0.4) is 0 Å². The van der Waals surface area contributed by atoms with Gasteiger partial charge in [-0.25, -0.2) is 0 Å². The fourth-order valence-corrected chi connectivity index (χ4v) is 3.52. The van der Waals surface area contributed by atoms with Gasteiger partial charge in [0.05, 0.1) is 0 Å². The quantitative estimate of drug-likeness (QED) is 0.792. The molecule has 0 bridgehead atoms. The van der Waals surface area contributed by atoms with Crippen LogP contribution in [-0.2, 0) is 12.8 Å². The van der Waals surface area contributed by atoms with Crippen LogP contribution in [0.5, 0.6) is 0 Å². The molecule has 1 aromatic carbocycles. The Hall–Kier alpha value is -0.530. The van der Waals surface area contributed by atoms with Crippen molar-refractivity contribution in [3.8, 4) is 0 Å². The SMILES string of the molecule is Clc1cc(C2CCCCN2)cc2c1CCCC2. The zero-order valence-corrected chi connectivity index (χ0v) is 11.0. The molecule has 0 spiro atoms. The van der Waals surface area contributed by atoms with Gasteiger partial charge < -0.3 is 5.32 Å². The summed E-state index contributed by atoms with van der Waals surface area (Å²) in [5.41, 5.74) is 4.33. The molecule has 1 saturated heterocycles. The van der Waals surface area contributed by atoms with Crippen molar-refractivity contribution in [3.05, 3.63) is 33.8 Å². The predicted octanol–water partition coefficient (Wildman–Crippen LogP) is 4.03. The Bertz CT molecular complexity index is 408. The van der Waals surface area contributed by atoms with Gasteiger partial charge in [0.25, 0.3) is 0 Å². The molecule has 1 atom stereocenters. The molecule has 1 fully saturated rings. The van der Waals surface area contributed by atoms with Crippen LogP contribution >= 0.6 is 11.6 Å². The Kier molecular flexibility index (Phi) is 3.39. The molecule has 2 heteroatoms. The molecule has 92 valence electrons. The van der Waals surface area contributed by atoms with Crippen molar-refractivity contribution in [2.45, 2.75) is 51.0 Å². The second-order valence-electron chi connectivity index (χ2n) is 5.35. The first-order valence-electron chi connectivity index (χ1n) is 6.89. The Morgan fingerprint density at radius 2 is 1.94 bits per heavy atom. The van der Waals surface area contributed by atoms with E-state index < -0.39 is 0 Å². The number of rotatable bonds is 1. The highest BCUT2D eigenvalue weighted by Gasteiger charge is 2.19. The predicted molar refractivity (Wildman–Crippen MR) is 72.7 cm³/mol. The van der Waals surface area contributed by atoms with E-state index in [2.05, 4.69) is 17.4 Å². The first-order valence-corrected chi connectivity index (χ1v) is 7.27. The minimum atomic E-state index is 0.536. The van der Waals surface area contributed by atoms with Crippen molar-refractivity contribution >= 4 is 11.6 Å². The normalized spacial score (nSPS) is 24.4. The topological polar surface area (TPSA) is 12.0 Å². The van der Waals surface area contributed by atoms with E-state index in [9.17, 15) is 0 Å².